The van der Waals surface area contributed by atoms with Gasteiger partial charge in [0.25, 0.3) is 5.89 Å². The molecule has 1 aliphatic heterocycles. The molecule has 0 bridgehead atoms. The second-order valence-corrected chi connectivity index (χ2v) is 8.98. The first kappa shape index (κ1) is 21.7. The van der Waals surface area contributed by atoms with E-state index in [0.29, 0.717) is 34.6 Å². The van der Waals surface area contributed by atoms with Crippen LogP contribution >= 0.6 is 0 Å². The van der Waals surface area contributed by atoms with Crippen LogP contribution in [0.4, 0.5) is 5.69 Å². The van der Waals surface area contributed by atoms with Crippen LogP contribution in [0.5, 0.6) is 0 Å². The second kappa shape index (κ2) is 8.32. The van der Waals surface area contributed by atoms with Crippen molar-refractivity contribution in [1.29, 1.82) is 5.26 Å². The second-order valence-electron chi connectivity index (χ2n) is 8.98. The van der Waals surface area contributed by atoms with Crippen LogP contribution in [0.25, 0.3) is 34.3 Å². The van der Waals surface area contributed by atoms with Crippen LogP contribution in [0.15, 0.2) is 53.2 Å². The molecule has 0 atom stereocenters. The van der Waals surface area contributed by atoms with Crippen molar-refractivity contribution in [1.82, 2.24) is 25.1 Å². The smallest absolute Gasteiger partial charge is 0.268 e. The van der Waals surface area contributed by atoms with Gasteiger partial charge in [0.2, 0.25) is 5.89 Å². The zero-order chi connectivity index (χ0) is 23.9. The summed E-state index contributed by atoms with van der Waals surface area (Å²) in [6.45, 7) is 7.18. The van der Waals surface area contributed by atoms with E-state index < -0.39 is 5.41 Å². The van der Waals surface area contributed by atoms with Crippen molar-refractivity contribution in [2.45, 2.75) is 32.2 Å². The molecule has 1 aliphatic rings. The van der Waals surface area contributed by atoms with E-state index in [1.165, 1.54) is 0 Å². The minimum atomic E-state index is -0.714. The third-order valence-corrected chi connectivity index (χ3v) is 5.93. The molecule has 0 amide bonds. The summed E-state index contributed by atoms with van der Waals surface area (Å²) < 4.78 is 6.01. The van der Waals surface area contributed by atoms with Crippen LogP contribution in [0.2, 0.25) is 0 Å². The van der Waals surface area contributed by atoms with Crippen molar-refractivity contribution in [3.05, 3.63) is 60.2 Å². The molecule has 34 heavy (non-hydrogen) atoms. The standard InChI is InChI=1S/C25H24N8O/c1-15-22(30-20(11-29-15)16-7-8-28-21(10-16)25(2,3)14-26)24-32-31-23(34-24)17-5-4-6-19(9-17)33-12-18(27)13-33/h4-11,18H,12-13,27H2,1-3H3. The number of aryl methyl sites for hydroxylation is 1. The van der Waals surface area contributed by atoms with Gasteiger partial charge in [-0.25, -0.2) is 4.98 Å². The summed E-state index contributed by atoms with van der Waals surface area (Å²) in [5.41, 5.74) is 10.4. The summed E-state index contributed by atoms with van der Waals surface area (Å²) in [4.78, 5) is 15.8. The molecule has 0 saturated carbocycles. The van der Waals surface area contributed by atoms with E-state index in [0.717, 1.165) is 29.9 Å². The van der Waals surface area contributed by atoms with Crippen LogP contribution in [0, 0.1) is 18.3 Å². The summed E-state index contributed by atoms with van der Waals surface area (Å²) in [5, 5.41) is 17.9. The number of pyridine rings is 1. The predicted octanol–water partition coefficient (Wildman–Crippen LogP) is 3.51. The molecule has 2 N–H and O–H groups in total. The van der Waals surface area contributed by atoms with Crippen LogP contribution in [-0.4, -0.2) is 44.3 Å². The number of nitriles is 1. The van der Waals surface area contributed by atoms with Gasteiger partial charge in [-0.1, -0.05) is 6.07 Å². The number of hydrogen-bond acceptors (Lipinski definition) is 9. The van der Waals surface area contributed by atoms with Gasteiger partial charge in [-0.05, 0) is 51.1 Å². The van der Waals surface area contributed by atoms with Crippen molar-refractivity contribution in [3.8, 4) is 40.4 Å². The van der Waals surface area contributed by atoms with Crippen molar-refractivity contribution < 1.29 is 4.42 Å². The lowest BCUT2D eigenvalue weighted by Gasteiger charge is -2.38. The molecule has 4 heterocycles. The lowest BCUT2D eigenvalue weighted by atomic mass is 9.90. The maximum absolute atomic E-state index is 9.46. The maximum atomic E-state index is 9.46. The average Bonchev–Trinajstić information content (AvgIpc) is 3.33. The maximum Gasteiger partial charge on any atom is 0.268 e. The number of rotatable bonds is 5. The normalized spacial score (nSPS) is 14.0. The lowest BCUT2D eigenvalue weighted by Crippen LogP contribution is -2.55. The highest BCUT2D eigenvalue weighted by Gasteiger charge is 2.24. The summed E-state index contributed by atoms with van der Waals surface area (Å²) in [6, 6.07) is 14.2. The lowest BCUT2D eigenvalue weighted by molar-refractivity contribution is 0.519. The Hall–Kier alpha value is -4.16. The molecule has 0 radical (unpaired) electrons. The molecule has 1 aromatic carbocycles. The molecular weight excluding hydrogens is 428 g/mol. The molecule has 3 aromatic heterocycles. The van der Waals surface area contributed by atoms with Gasteiger partial charge in [0.05, 0.1) is 34.8 Å². The van der Waals surface area contributed by atoms with Gasteiger partial charge in [0, 0.05) is 42.1 Å². The van der Waals surface area contributed by atoms with Crippen molar-refractivity contribution in [3.63, 3.8) is 0 Å². The molecule has 1 saturated heterocycles. The Morgan fingerprint density at radius 3 is 2.65 bits per heavy atom. The van der Waals surface area contributed by atoms with Crippen molar-refractivity contribution in [2.75, 3.05) is 18.0 Å². The first-order chi connectivity index (χ1) is 16.3. The molecule has 170 valence electrons. The molecule has 1 fully saturated rings. The highest BCUT2D eigenvalue weighted by atomic mass is 16.4. The number of anilines is 1. The van der Waals surface area contributed by atoms with E-state index in [4.69, 9.17) is 15.1 Å². The van der Waals surface area contributed by atoms with Gasteiger partial charge < -0.3 is 15.1 Å². The zero-order valence-electron chi connectivity index (χ0n) is 19.2. The number of nitrogens with zero attached hydrogens (tertiary/aromatic N) is 7. The monoisotopic (exact) mass is 452 g/mol. The van der Waals surface area contributed by atoms with Crippen LogP contribution in [0.3, 0.4) is 0 Å². The van der Waals surface area contributed by atoms with E-state index in [9.17, 15) is 5.26 Å². The third kappa shape index (κ3) is 4.00. The topological polar surface area (TPSA) is 131 Å². The molecule has 5 rings (SSSR count). The highest BCUT2D eigenvalue weighted by molar-refractivity contribution is 5.66. The first-order valence-electron chi connectivity index (χ1n) is 11.0. The van der Waals surface area contributed by atoms with Crippen LogP contribution in [0.1, 0.15) is 25.2 Å². The molecule has 9 nitrogen and oxygen atoms in total. The van der Waals surface area contributed by atoms with E-state index in [-0.39, 0.29) is 6.04 Å². The highest BCUT2D eigenvalue weighted by Crippen LogP contribution is 2.30. The predicted molar refractivity (Wildman–Crippen MR) is 128 cm³/mol. The Labute approximate surface area is 197 Å². The van der Waals surface area contributed by atoms with Gasteiger partial charge in [0.15, 0.2) is 0 Å². The van der Waals surface area contributed by atoms with Gasteiger partial charge in [0.1, 0.15) is 5.69 Å². The minimum Gasteiger partial charge on any atom is -0.415 e. The molecular formula is C25H24N8O. The fraction of sp³-hybridized carbons (Fsp3) is 0.280. The zero-order valence-corrected chi connectivity index (χ0v) is 19.2. The Balaban J connectivity index is 1.47. The molecule has 0 aliphatic carbocycles. The number of hydrogen-bond donors (Lipinski definition) is 1. The average molecular weight is 453 g/mol. The Kier molecular flexibility index (Phi) is 5.30. The fourth-order valence-electron chi connectivity index (χ4n) is 3.77. The molecule has 4 aromatic rings. The van der Waals surface area contributed by atoms with E-state index in [1.54, 1.807) is 12.4 Å². The van der Waals surface area contributed by atoms with Crippen molar-refractivity contribution >= 4 is 5.69 Å². The molecule has 0 spiro atoms. The van der Waals surface area contributed by atoms with E-state index in [1.807, 2.05) is 57.2 Å². The summed E-state index contributed by atoms with van der Waals surface area (Å²) in [5.74, 6) is 0.708. The fourth-order valence-corrected chi connectivity index (χ4v) is 3.77. The Morgan fingerprint density at radius 1 is 1.09 bits per heavy atom. The Morgan fingerprint density at radius 2 is 1.88 bits per heavy atom. The number of nitrogens with two attached hydrogens (primary N) is 1. The van der Waals surface area contributed by atoms with Crippen LogP contribution < -0.4 is 10.6 Å². The molecule has 0 unspecified atom stereocenters. The summed E-state index contributed by atoms with van der Waals surface area (Å²) >= 11 is 0. The number of benzene rings is 1. The Bertz CT molecular complexity index is 1400. The quantitative estimate of drug-likeness (QED) is 0.483. The van der Waals surface area contributed by atoms with Crippen LogP contribution in [-0.2, 0) is 5.41 Å². The SMILES string of the molecule is Cc1ncc(-c2ccnc(C(C)(C)C#N)c2)nc1-c1nnc(-c2cccc(N3CC(N)C3)c2)o1. The van der Waals surface area contributed by atoms with E-state index >= 15 is 0 Å². The third-order valence-electron chi connectivity index (χ3n) is 5.93. The van der Waals surface area contributed by atoms with Gasteiger partial charge >= 0.3 is 0 Å². The summed E-state index contributed by atoms with van der Waals surface area (Å²) in [7, 11) is 0. The molecule has 9 heteroatoms. The largest absolute Gasteiger partial charge is 0.415 e. The summed E-state index contributed by atoms with van der Waals surface area (Å²) in [6.07, 6.45) is 3.36. The van der Waals surface area contributed by atoms with Crippen molar-refractivity contribution in [2.24, 2.45) is 5.73 Å². The van der Waals surface area contributed by atoms with Gasteiger partial charge in [-0.15, -0.1) is 10.2 Å². The van der Waals surface area contributed by atoms with E-state index in [2.05, 4.69) is 31.1 Å². The minimum absolute atomic E-state index is 0.218. The number of aromatic nitrogens is 5. The first-order valence-corrected chi connectivity index (χ1v) is 11.0. The van der Waals surface area contributed by atoms with Gasteiger partial charge in [-0.2, -0.15) is 5.26 Å². The van der Waals surface area contributed by atoms with Gasteiger partial charge in [-0.3, -0.25) is 9.97 Å².